The van der Waals surface area contributed by atoms with E-state index >= 15 is 0 Å². The largest absolute Gasteiger partial charge is 0.311 e. The maximum Gasteiger partial charge on any atom is 0.130 e. The molecule has 1 aromatic carbocycles. The molecule has 0 aliphatic heterocycles. The second kappa shape index (κ2) is 6.41. The highest BCUT2D eigenvalue weighted by Crippen LogP contribution is 2.44. The summed E-state index contributed by atoms with van der Waals surface area (Å²) in [7, 11) is 5.98. The van der Waals surface area contributed by atoms with Crippen molar-refractivity contribution in [2.24, 2.45) is 5.92 Å². The quantitative estimate of drug-likeness (QED) is 0.910. The molecule has 4 heteroatoms. The third-order valence-corrected chi connectivity index (χ3v) is 5.00. The van der Waals surface area contributed by atoms with Crippen molar-refractivity contribution in [3.05, 3.63) is 35.4 Å². The second-order valence-corrected chi connectivity index (χ2v) is 6.59. The lowest BCUT2D eigenvalue weighted by Crippen LogP contribution is -2.55. The Balaban J connectivity index is 2.45. The fourth-order valence-electron chi connectivity index (χ4n) is 3.94. The van der Waals surface area contributed by atoms with Gasteiger partial charge in [0.1, 0.15) is 11.6 Å². The summed E-state index contributed by atoms with van der Waals surface area (Å²) in [5.41, 5.74) is 0.423. The minimum atomic E-state index is -0.526. The van der Waals surface area contributed by atoms with Gasteiger partial charge in [0.05, 0.1) is 6.04 Å². The highest BCUT2D eigenvalue weighted by atomic mass is 19.1. The van der Waals surface area contributed by atoms with E-state index in [9.17, 15) is 8.78 Å². The number of rotatable bonds is 4. The normalized spacial score (nSPS) is 27.9. The molecule has 3 unspecified atom stereocenters. The summed E-state index contributed by atoms with van der Waals surface area (Å²) >= 11 is 0. The van der Waals surface area contributed by atoms with Crippen molar-refractivity contribution < 1.29 is 8.78 Å². The number of halogens is 2. The van der Waals surface area contributed by atoms with Gasteiger partial charge in [0.15, 0.2) is 0 Å². The maximum atomic E-state index is 14.3. The summed E-state index contributed by atoms with van der Waals surface area (Å²) in [5.74, 6) is -0.378. The third kappa shape index (κ3) is 3.11. The molecule has 2 nitrogen and oxygen atoms in total. The first-order valence-corrected chi connectivity index (χ1v) is 7.70. The Kier molecular flexibility index (Phi) is 4.99. The van der Waals surface area contributed by atoms with Crippen LogP contribution in [0.15, 0.2) is 18.2 Å². The van der Waals surface area contributed by atoms with Crippen molar-refractivity contribution >= 4 is 0 Å². The fraction of sp³-hybridized carbons (Fsp3) is 0.647. The molecule has 21 heavy (non-hydrogen) atoms. The monoisotopic (exact) mass is 296 g/mol. The van der Waals surface area contributed by atoms with Crippen molar-refractivity contribution in [1.82, 2.24) is 10.2 Å². The van der Waals surface area contributed by atoms with Crippen LogP contribution in [0.2, 0.25) is 0 Å². The maximum absolute atomic E-state index is 14.3. The SMILES string of the molecule is CNC(c1ccc(F)cc1F)C1(N(C)C)CCCC(C)C1. The Morgan fingerprint density at radius 2 is 2.05 bits per heavy atom. The molecule has 0 saturated heterocycles. The Morgan fingerprint density at radius 3 is 2.57 bits per heavy atom. The summed E-state index contributed by atoms with van der Waals surface area (Å²) < 4.78 is 27.5. The molecule has 1 fully saturated rings. The van der Waals surface area contributed by atoms with Gasteiger partial charge in [-0.3, -0.25) is 0 Å². The summed E-state index contributed by atoms with van der Waals surface area (Å²) in [6.07, 6.45) is 4.40. The summed E-state index contributed by atoms with van der Waals surface area (Å²) in [5, 5.41) is 3.29. The molecule has 0 amide bonds. The number of nitrogens with zero attached hydrogens (tertiary/aromatic N) is 1. The fourth-order valence-corrected chi connectivity index (χ4v) is 3.94. The van der Waals surface area contributed by atoms with E-state index in [4.69, 9.17) is 0 Å². The van der Waals surface area contributed by atoms with Gasteiger partial charge < -0.3 is 10.2 Å². The van der Waals surface area contributed by atoms with E-state index in [1.165, 1.54) is 12.5 Å². The van der Waals surface area contributed by atoms with E-state index in [0.717, 1.165) is 25.3 Å². The smallest absolute Gasteiger partial charge is 0.130 e. The lowest BCUT2D eigenvalue weighted by molar-refractivity contribution is 0.0381. The van der Waals surface area contributed by atoms with Crippen LogP contribution in [0.1, 0.15) is 44.2 Å². The van der Waals surface area contributed by atoms with Gasteiger partial charge in [-0.25, -0.2) is 8.78 Å². The first-order valence-electron chi connectivity index (χ1n) is 7.70. The first-order chi connectivity index (χ1) is 9.90. The van der Waals surface area contributed by atoms with E-state index < -0.39 is 11.6 Å². The van der Waals surface area contributed by atoms with Crippen LogP contribution in [0.5, 0.6) is 0 Å². The van der Waals surface area contributed by atoms with Crippen molar-refractivity contribution in [2.75, 3.05) is 21.1 Å². The van der Waals surface area contributed by atoms with Crippen molar-refractivity contribution in [3.8, 4) is 0 Å². The van der Waals surface area contributed by atoms with Crippen LogP contribution in [0.3, 0.4) is 0 Å². The molecule has 0 bridgehead atoms. The summed E-state index contributed by atoms with van der Waals surface area (Å²) in [6.45, 7) is 2.26. The molecule has 1 N–H and O–H groups in total. The van der Waals surface area contributed by atoms with E-state index in [0.29, 0.717) is 11.5 Å². The number of likely N-dealkylation sites (N-methyl/N-ethyl adjacent to an activating group) is 2. The molecule has 1 saturated carbocycles. The van der Waals surface area contributed by atoms with Gasteiger partial charge in [-0.15, -0.1) is 0 Å². The summed E-state index contributed by atoms with van der Waals surface area (Å²) in [6, 6.07) is 3.76. The number of hydrogen-bond acceptors (Lipinski definition) is 2. The number of benzene rings is 1. The molecule has 118 valence electrons. The zero-order chi connectivity index (χ0) is 15.6. The molecule has 3 atom stereocenters. The highest BCUT2D eigenvalue weighted by molar-refractivity contribution is 5.26. The predicted octanol–water partition coefficient (Wildman–Crippen LogP) is 3.74. The molecule has 0 radical (unpaired) electrons. The lowest BCUT2D eigenvalue weighted by atomic mass is 9.69. The van der Waals surface area contributed by atoms with E-state index in [-0.39, 0.29) is 11.6 Å². The molecule has 0 spiro atoms. The van der Waals surface area contributed by atoms with Crippen molar-refractivity contribution in [1.29, 1.82) is 0 Å². The molecule has 1 aliphatic carbocycles. The Hall–Kier alpha value is -1.00. The topological polar surface area (TPSA) is 15.3 Å². The Labute approximate surface area is 126 Å². The van der Waals surface area contributed by atoms with Crippen LogP contribution in [0.4, 0.5) is 8.78 Å². The predicted molar refractivity (Wildman–Crippen MR) is 82.2 cm³/mol. The summed E-state index contributed by atoms with van der Waals surface area (Å²) in [4.78, 5) is 2.21. The van der Waals surface area contributed by atoms with Gasteiger partial charge in [-0.2, -0.15) is 0 Å². The highest BCUT2D eigenvalue weighted by Gasteiger charge is 2.44. The van der Waals surface area contributed by atoms with Crippen LogP contribution in [0.25, 0.3) is 0 Å². The van der Waals surface area contributed by atoms with Crippen LogP contribution in [-0.2, 0) is 0 Å². The zero-order valence-electron chi connectivity index (χ0n) is 13.4. The molecule has 0 heterocycles. The number of nitrogens with one attached hydrogen (secondary N) is 1. The first kappa shape index (κ1) is 16.4. The molecular formula is C17H26F2N2. The Bertz CT molecular complexity index is 490. The van der Waals surface area contributed by atoms with Crippen molar-refractivity contribution in [3.63, 3.8) is 0 Å². The van der Waals surface area contributed by atoms with Gasteiger partial charge in [-0.1, -0.05) is 25.8 Å². The minimum absolute atomic E-state index is 0.134. The minimum Gasteiger partial charge on any atom is -0.311 e. The van der Waals surface area contributed by atoms with Gasteiger partial charge in [0, 0.05) is 17.2 Å². The third-order valence-electron chi connectivity index (χ3n) is 5.00. The zero-order valence-corrected chi connectivity index (χ0v) is 13.4. The van der Waals surface area contributed by atoms with Gasteiger partial charge in [-0.05, 0) is 46.0 Å². The standard InChI is InChI=1S/C17H26F2N2/c1-12-6-5-9-17(11-12,21(3)4)16(20-2)14-8-7-13(18)10-15(14)19/h7-8,10,12,16,20H,5-6,9,11H2,1-4H3. The Morgan fingerprint density at radius 1 is 1.33 bits per heavy atom. The average molecular weight is 296 g/mol. The van der Waals surface area contributed by atoms with Crippen LogP contribution >= 0.6 is 0 Å². The van der Waals surface area contributed by atoms with Crippen LogP contribution in [-0.4, -0.2) is 31.6 Å². The van der Waals surface area contributed by atoms with Gasteiger partial charge in [0.2, 0.25) is 0 Å². The van der Waals surface area contributed by atoms with Crippen LogP contribution in [0, 0.1) is 17.6 Å². The average Bonchev–Trinajstić information content (AvgIpc) is 2.41. The number of hydrogen-bond donors (Lipinski definition) is 1. The second-order valence-electron chi connectivity index (χ2n) is 6.59. The van der Waals surface area contributed by atoms with Crippen LogP contribution < -0.4 is 5.32 Å². The molecule has 2 rings (SSSR count). The van der Waals surface area contributed by atoms with Gasteiger partial charge in [0.25, 0.3) is 0 Å². The van der Waals surface area contributed by atoms with Crippen molar-refractivity contribution in [2.45, 2.75) is 44.2 Å². The lowest BCUT2D eigenvalue weighted by Gasteiger charge is -2.50. The molecular weight excluding hydrogens is 270 g/mol. The van der Waals surface area contributed by atoms with E-state index in [1.54, 1.807) is 6.07 Å². The molecule has 1 aliphatic rings. The molecule has 0 aromatic heterocycles. The van der Waals surface area contributed by atoms with Gasteiger partial charge >= 0.3 is 0 Å². The van der Waals surface area contributed by atoms with E-state index in [1.807, 2.05) is 7.05 Å². The molecule has 1 aromatic rings. The van der Waals surface area contributed by atoms with E-state index in [2.05, 4.69) is 31.2 Å².